The largest absolute Gasteiger partial charge is 1.00 e. The van der Waals surface area contributed by atoms with Gasteiger partial charge in [-0.25, -0.2) is 0 Å². The normalized spacial score (nSPS) is 9.38. The van der Waals surface area contributed by atoms with E-state index >= 15 is 0 Å². The van der Waals surface area contributed by atoms with E-state index in [1.165, 1.54) is 6.07 Å². The maximum absolute atomic E-state index is 10.7. The fourth-order valence-electron chi connectivity index (χ4n) is 1.16. The van der Waals surface area contributed by atoms with Crippen LogP contribution in [-0.2, 0) is 0 Å². The Hall–Kier alpha value is -1.04. The number of hydrogen-bond acceptors (Lipinski definition) is 4. The molecule has 0 saturated heterocycles. The zero-order chi connectivity index (χ0) is 11.3. The summed E-state index contributed by atoms with van der Waals surface area (Å²) in [5.74, 6) is 0. The lowest BCUT2D eigenvalue weighted by Crippen LogP contribution is -3.00. The minimum absolute atomic E-state index is 0. The summed E-state index contributed by atoms with van der Waals surface area (Å²) in [6, 6.07) is 4.57. The van der Waals surface area contributed by atoms with Gasteiger partial charge >= 0.3 is 0 Å². The Morgan fingerprint density at radius 1 is 1.50 bits per heavy atom. The van der Waals surface area contributed by atoms with Gasteiger partial charge in [0.05, 0.1) is 9.95 Å². The van der Waals surface area contributed by atoms with E-state index < -0.39 is 4.92 Å². The van der Waals surface area contributed by atoms with E-state index in [1.54, 1.807) is 12.1 Å². The summed E-state index contributed by atoms with van der Waals surface area (Å²) in [6.45, 7) is 1.10. The van der Waals surface area contributed by atoms with Crippen molar-refractivity contribution < 1.29 is 17.3 Å². The number of rotatable bonds is 5. The van der Waals surface area contributed by atoms with Crippen LogP contribution in [0.2, 0.25) is 5.02 Å². The van der Waals surface area contributed by atoms with Crippen LogP contribution in [0, 0.1) is 10.1 Å². The summed E-state index contributed by atoms with van der Waals surface area (Å²) in [4.78, 5) is 10.2. The molecule has 0 bridgehead atoms. The van der Waals surface area contributed by atoms with E-state index in [1.807, 2.05) is 0 Å². The molecule has 0 fully saturated rings. The number of nitro groups is 1. The number of nitrogens with one attached hydrogen (secondary N) is 1. The highest BCUT2D eigenvalue weighted by Gasteiger charge is 2.15. The number of halogens is 2. The monoisotopic (exact) mass is 264 g/mol. The Morgan fingerprint density at radius 2 is 2.19 bits per heavy atom. The van der Waals surface area contributed by atoms with Crippen molar-refractivity contribution in [2.75, 3.05) is 18.4 Å². The van der Waals surface area contributed by atoms with E-state index in [0.29, 0.717) is 23.8 Å². The van der Waals surface area contributed by atoms with E-state index in [-0.39, 0.29) is 18.1 Å². The van der Waals surface area contributed by atoms with Crippen LogP contribution in [0.25, 0.3) is 0 Å². The maximum atomic E-state index is 10.7. The molecule has 0 saturated carbocycles. The van der Waals surface area contributed by atoms with E-state index in [2.05, 4.69) is 5.32 Å². The van der Waals surface area contributed by atoms with E-state index in [0.717, 1.165) is 6.42 Å². The van der Waals surface area contributed by atoms with Crippen molar-refractivity contribution in [2.24, 2.45) is 5.73 Å². The molecule has 0 unspecified atom stereocenters. The first-order chi connectivity index (χ1) is 7.16. The quantitative estimate of drug-likeness (QED) is 0.407. The summed E-state index contributed by atoms with van der Waals surface area (Å²) in [6.07, 6.45) is 0.738. The molecule has 1 rings (SSSR count). The fourth-order valence-corrected chi connectivity index (χ4v) is 1.39. The number of benzene rings is 1. The van der Waals surface area contributed by atoms with Gasteiger partial charge in [0.25, 0.3) is 5.69 Å². The molecule has 16 heavy (non-hydrogen) atoms. The average molecular weight is 265 g/mol. The van der Waals surface area contributed by atoms with Gasteiger partial charge in [-0.2, -0.15) is 0 Å². The molecule has 1 aromatic rings. The second-order valence-corrected chi connectivity index (χ2v) is 3.37. The number of anilines is 1. The molecule has 0 radical (unpaired) electrons. The third-order valence-corrected chi connectivity index (χ3v) is 2.19. The molecule has 0 aromatic heterocycles. The predicted octanol–water partition coefficient (Wildman–Crippen LogP) is -0.987. The van der Waals surface area contributed by atoms with Gasteiger partial charge in [-0.1, -0.05) is 17.7 Å². The van der Waals surface area contributed by atoms with Gasteiger partial charge in [0.15, 0.2) is 0 Å². The number of para-hydroxylation sites is 1. The molecule has 0 aliphatic carbocycles. The van der Waals surface area contributed by atoms with Gasteiger partial charge in [0.1, 0.15) is 5.69 Å². The maximum Gasteiger partial charge on any atom is 0.293 e. The summed E-state index contributed by atoms with van der Waals surface area (Å²) < 4.78 is 0. The zero-order valence-electron chi connectivity index (χ0n) is 8.45. The van der Waals surface area contributed by atoms with E-state index in [4.69, 9.17) is 17.3 Å². The molecule has 0 amide bonds. The lowest BCUT2D eigenvalue weighted by molar-refractivity contribution is -0.383. The smallest absolute Gasteiger partial charge is 0.293 e. The molecule has 5 nitrogen and oxygen atoms in total. The van der Waals surface area contributed by atoms with Crippen molar-refractivity contribution in [3.63, 3.8) is 0 Å². The van der Waals surface area contributed by atoms with Gasteiger partial charge < -0.3 is 23.5 Å². The Morgan fingerprint density at radius 3 is 2.75 bits per heavy atom. The summed E-state index contributed by atoms with van der Waals surface area (Å²) >= 11 is 5.85. The number of nitrogens with two attached hydrogens (primary N) is 1. The van der Waals surface area contributed by atoms with Gasteiger partial charge in [0.2, 0.25) is 0 Å². The average Bonchev–Trinajstić information content (AvgIpc) is 2.20. The molecule has 3 N–H and O–H groups in total. The summed E-state index contributed by atoms with van der Waals surface area (Å²) in [5.41, 5.74) is 5.67. The molecular weight excluding hydrogens is 253 g/mol. The molecule has 0 heterocycles. The minimum Gasteiger partial charge on any atom is -1.00 e. The van der Waals surface area contributed by atoms with Crippen molar-refractivity contribution in [2.45, 2.75) is 6.42 Å². The van der Waals surface area contributed by atoms with Crippen molar-refractivity contribution in [3.05, 3.63) is 33.3 Å². The first-order valence-corrected chi connectivity index (χ1v) is 4.91. The minimum atomic E-state index is -0.462. The zero-order valence-corrected chi connectivity index (χ0v) is 9.96. The van der Waals surface area contributed by atoms with Gasteiger partial charge in [-0.3, -0.25) is 10.1 Å². The first kappa shape index (κ1) is 15.0. The Kier molecular flexibility index (Phi) is 6.80. The van der Waals surface area contributed by atoms with Gasteiger partial charge in [-0.15, -0.1) is 0 Å². The van der Waals surface area contributed by atoms with Gasteiger partial charge in [-0.05, 0) is 19.0 Å². The van der Waals surface area contributed by atoms with Crippen LogP contribution in [0.4, 0.5) is 11.4 Å². The molecule has 0 atom stereocenters. The Bertz CT molecular complexity index is 361. The molecule has 7 heteroatoms. The van der Waals surface area contributed by atoms with Crippen molar-refractivity contribution in [1.29, 1.82) is 0 Å². The summed E-state index contributed by atoms with van der Waals surface area (Å²) in [5, 5.41) is 13.9. The third kappa shape index (κ3) is 3.84. The van der Waals surface area contributed by atoms with E-state index in [9.17, 15) is 10.1 Å². The third-order valence-electron chi connectivity index (χ3n) is 1.87. The van der Waals surface area contributed by atoms with Crippen molar-refractivity contribution in [1.82, 2.24) is 0 Å². The second kappa shape index (κ2) is 7.27. The molecular formula is C9H12Cl2N3O2-. The van der Waals surface area contributed by atoms with Crippen LogP contribution in [-0.4, -0.2) is 18.0 Å². The summed E-state index contributed by atoms with van der Waals surface area (Å²) in [7, 11) is 0. The molecule has 0 aliphatic rings. The lowest BCUT2D eigenvalue weighted by atomic mass is 10.2. The highest BCUT2D eigenvalue weighted by atomic mass is 35.5. The Labute approximate surface area is 105 Å². The van der Waals surface area contributed by atoms with Crippen LogP contribution in [0.3, 0.4) is 0 Å². The first-order valence-electron chi connectivity index (χ1n) is 4.53. The van der Waals surface area contributed by atoms with Gasteiger partial charge in [0, 0.05) is 12.6 Å². The molecule has 0 spiro atoms. The standard InChI is InChI=1S/C9H12ClN3O2.ClH/c10-7-3-1-4-8(13(14)15)9(7)12-6-2-5-11;/h1,3-4,12H,2,5-6,11H2;1H/p-1. The number of hydrogen-bond donors (Lipinski definition) is 2. The van der Waals surface area contributed by atoms with Crippen molar-refractivity contribution >= 4 is 23.0 Å². The highest BCUT2D eigenvalue weighted by Crippen LogP contribution is 2.31. The highest BCUT2D eigenvalue weighted by molar-refractivity contribution is 6.33. The Balaban J connectivity index is 0.00000225. The van der Waals surface area contributed by atoms with Crippen LogP contribution in [0.1, 0.15) is 6.42 Å². The van der Waals surface area contributed by atoms with Crippen molar-refractivity contribution in [3.8, 4) is 0 Å². The molecule has 1 aromatic carbocycles. The molecule has 0 aliphatic heterocycles. The second-order valence-electron chi connectivity index (χ2n) is 2.96. The number of nitrogens with zero attached hydrogens (tertiary/aromatic N) is 1. The molecule has 90 valence electrons. The van der Waals surface area contributed by atoms with Crippen LogP contribution in [0.5, 0.6) is 0 Å². The predicted molar refractivity (Wildman–Crippen MR) is 60.3 cm³/mol. The van der Waals surface area contributed by atoms with Crippen LogP contribution < -0.4 is 23.5 Å². The van der Waals surface area contributed by atoms with Crippen LogP contribution >= 0.6 is 11.6 Å². The SMILES string of the molecule is NCCCNc1c(Cl)cccc1[N+](=O)[O-].[Cl-]. The lowest BCUT2D eigenvalue weighted by Gasteiger charge is -2.07. The van der Waals surface area contributed by atoms with Crippen LogP contribution in [0.15, 0.2) is 18.2 Å². The topological polar surface area (TPSA) is 81.2 Å². The number of nitro benzene ring substituents is 1. The fraction of sp³-hybridized carbons (Fsp3) is 0.333.